The van der Waals surface area contributed by atoms with E-state index < -0.39 is 16.1 Å². The van der Waals surface area contributed by atoms with Gasteiger partial charge in [0.05, 0.1) is 17.0 Å². The van der Waals surface area contributed by atoms with E-state index in [4.69, 9.17) is 23.2 Å². The van der Waals surface area contributed by atoms with Gasteiger partial charge in [0, 0.05) is 35.0 Å². The standard InChI is InChI=1S/C25H32BrCl2N3O4S/c1-5-17(2)29-25(33)18(3)30(16-19-8-10-20(26)11-9-19)24(32)7-6-14-31(36(4,34)35)23-15-21(27)12-13-22(23)28/h8-13,15,17-18H,5-7,14,16H2,1-4H3,(H,29,33)/t17-,18+/m0/s1. The Bertz CT molecular complexity index is 1160. The van der Waals surface area contributed by atoms with Gasteiger partial charge in [-0.1, -0.05) is 58.2 Å². The molecule has 2 amide bonds. The van der Waals surface area contributed by atoms with Gasteiger partial charge in [-0.2, -0.15) is 0 Å². The lowest BCUT2D eigenvalue weighted by atomic mass is 10.1. The minimum Gasteiger partial charge on any atom is -0.352 e. The first-order chi connectivity index (χ1) is 16.8. The number of rotatable bonds is 12. The number of nitrogens with one attached hydrogen (secondary N) is 1. The Balaban J connectivity index is 2.20. The summed E-state index contributed by atoms with van der Waals surface area (Å²) >= 11 is 15.7. The van der Waals surface area contributed by atoms with Crippen molar-refractivity contribution < 1.29 is 18.0 Å². The number of anilines is 1. The van der Waals surface area contributed by atoms with Crippen LogP contribution in [0.2, 0.25) is 10.0 Å². The average molecular weight is 621 g/mol. The van der Waals surface area contributed by atoms with Crippen LogP contribution < -0.4 is 9.62 Å². The lowest BCUT2D eigenvalue weighted by Gasteiger charge is -2.30. The molecule has 0 aromatic heterocycles. The van der Waals surface area contributed by atoms with Crippen molar-refractivity contribution in [2.45, 2.75) is 58.7 Å². The van der Waals surface area contributed by atoms with Crippen molar-refractivity contribution in [3.63, 3.8) is 0 Å². The number of nitrogens with zero attached hydrogens (tertiary/aromatic N) is 2. The molecule has 2 aromatic carbocycles. The van der Waals surface area contributed by atoms with Gasteiger partial charge in [-0.25, -0.2) is 8.42 Å². The third-order valence-corrected chi connectivity index (χ3v) is 8.03. The monoisotopic (exact) mass is 619 g/mol. The number of hydrogen-bond acceptors (Lipinski definition) is 4. The zero-order chi connectivity index (χ0) is 27.0. The van der Waals surface area contributed by atoms with Gasteiger partial charge in [0.25, 0.3) is 0 Å². The van der Waals surface area contributed by atoms with Gasteiger partial charge in [0.15, 0.2) is 0 Å². The van der Waals surface area contributed by atoms with Crippen LogP contribution in [0.4, 0.5) is 5.69 Å². The first kappa shape index (κ1) is 30.4. The van der Waals surface area contributed by atoms with E-state index in [2.05, 4.69) is 21.2 Å². The molecular formula is C25H32BrCl2N3O4S. The van der Waals surface area contributed by atoms with Crippen LogP contribution in [0.25, 0.3) is 0 Å². The fourth-order valence-electron chi connectivity index (χ4n) is 3.49. The van der Waals surface area contributed by atoms with Crippen molar-refractivity contribution in [3.8, 4) is 0 Å². The van der Waals surface area contributed by atoms with E-state index in [0.29, 0.717) is 5.02 Å². The van der Waals surface area contributed by atoms with Gasteiger partial charge in [-0.3, -0.25) is 13.9 Å². The van der Waals surface area contributed by atoms with Crippen LogP contribution in [-0.2, 0) is 26.2 Å². The second-order valence-electron chi connectivity index (χ2n) is 8.68. The molecule has 0 saturated carbocycles. The summed E-state index contributed by atoms with van der Waals surface area (Å²) in [6.07, 6.45) is 2.12. The molecule has 0 aliphatic heterocycles. The molecule has 0 spiro atoms. The highest BCUT2D eigenvalue weighted by molar-refractivity contribution is 9.10. The summed E-state index contributed by atoms with van der Waals surface area (Å²) in [5.74, 6) is -0.492. The zero-order valence-electron chi connectivity index (χ0n) is 20.8. The molecule has 0 saturated heterocycles. The number of sulfonamides is 1. The summed E-state index contributed by atoms with van der Waals surface area (Å²) in [4.78, 5) is 27.7. The third-order valence-electron chi connectivity index (χ3n) is 5.76. The molecule has 2 rings (SSSR count). The maximum absolute atomic E-state index is 13.3. The van der Waals surface area contributed by atoms with Crippen LogP contribution in [0, 0.1) is 0 Å². The zero-order valence-corrected chi connectivity index (χ0v) is 24.7. The molecule has 11 heteroatoms. The van der Waals surface area contributed by atoms with E-state index in [1.54, 1.807) is 13.0 Å². The summed E-state index contributed by atoms with van der Waals surface area (Å²) in [5.41, 5.74) is 1.13. The normalized spacial score (nSPS) is 13.1. The largest absolute Gasteiger partial charge is 0.352 e. The van der Waals surface area contributed by atoms with E-state index in [9.17, 15) is 18.0 Å². The van der Waals surface area contributed by atoms with Crippen LogP contribution in [-0.4, -0.2) is 50.0 Å². The SMILES string of the molecule is CC[C@H](C)NC(=O)[C@@H](C)N(Cc1ccc(Br)cc1)C(=O)CCCN(c1cc(Cl)ccc1Cl)S(C)(=O)=O. The van der Waals surface area contributed by atoms with Crippen molar-refractivity contribution in [1.29, 1.82) is 0 Å². The van der Waals surface area contributed by atoms with Gasteiger partial charge in [0.1, 0.15) is 6.04 Å². The fraction of sp³-hybridized carbons (Fsp3) is 0.440. The highest BCUT2D eigenvalue weighted by atomic mass is 79.9. The Labute approximate surface area is 232 Å². The predicted octanol–water partition coefficient (Wildman–Crippen LogP) is 5.63. The molecule has 0 bridgehead atoms. The van der Waals surface area contributed by atoms with Crippen molar-refractivity contribution >= 4 is 66.7 Å². The molecule has 7 nitrogen and oxygen atoms in total. The number of hydrogen-bond donors (Lipinski definition) is 1. The maximum Gasteiger partial charge on any atom is 0.242 e. The molecule has 0 aliphatic carbocycles. The van der Waals surface area contributed by atoms with E-state index in [1.807, 2.05) is 38.1 Å². The molecule has 2 aromatic rings. The Hall–Kier alpha value is -1.81. The van der Waals surface area contributed by atoms with E-state index >= 15 is 0 Å². The van der Waals surface area contributed by atoms with Gasteiger partial charge >= 0.3 is 0 Å². The summed E-state index contributed by atoms with van der Waals surface area (Å²) < 4.78 is 27.0. The Morgan fingerprint density at radius 3 is 2.31 bits per heavy atom. The first-order valence-corrected chi connectivity index (χ1v) is 15.0. The molecule has 36 heavy (non-hydrogen) atoms. The molecular weight excluding hydrogens is 589 g/mol. The van der Waals surface area contributed by atoms with Crippen LogP contribution in [0.5, 0.6) is 0 Å². The van der Waals surface area contributed by atoms with Gasteiger partial charge < -0.3 is 10.2 Å². The number of halogens is 3. The number of amides is 2. The highest BCUT2D eigenvalue weighted by Gasteiger charge is 2.27. The molecule has 1 N–H and O–H groups in total. The van der Waals surface area contributed by atoms with Gasteiger partial charge in [-0.15, -0.1) is 0 Å². The summed E-state index contributed by atoms with van der Waals surface area (Å²) in [6, 6.07) is 11.4. The fourth-order valence-corrected chi connectivity index (χ4v) is 5.16. The topological polar surface area (TPSA) is 86.8 Å². The van der Waals surface area contributed by atoms with Crippen molar-refractivity contribution in [2.75, 3.05) is 17.1 Å². The Kier molecular flexibility index (Phi) is 11.5. The lowest BCUT2D eigenvalue weighted by Crippen LogP contribution is -2.49. The van der Waals surface area contributed by atoms with Crippen molar-refractivity contribution in [1.82, 2.24) is 10.2 Å². The number of carbonyl (C=O) groups excluding carboxylic acids is 2. The summed E-state index contributed by atoms with van der Waals surface area (Å²) in [5, 5.41) is 3.52. The summed E-state index contributed by atoms with van der Waals surface area (Å²) in [7, 11) is -3.68. The maximum atomic E-state index is 13.3. The third kappa shape index (κ3) is 8.94. The lowest BCUT2D eigenvalue weighted by molar-refractivity contribution is -0.140. The van der Waals surface area contributed by atoms with Gasteiger partial charge in [-0.05, 0) is 62.6 Å². The molecule has 0 heterocycles. The van der Waals surface area contributed by atoms with E-state index in [0.717, 1.165) is 27.0 Å². The average Bonchev–Trinajstić information content (AvgIpc) is 2.81. The smallest absolute Gasteiger partial charge is 0.242 e. The van der Waals surface area contributed by atoms with Crippen LogP contribution in [0.15, 0.2) is 46.9 Å². The minimum absolute atomic E-state index is 0.0182. The predicted molar refractivity (Wildman–Crippen MR) is 150 cm³/mol. The Morgan fingerprint density at radius 2 is 1.72 bits per heavy atom. The van der Waals surface area contributed by atoms with Crippen molar-refractivity contribution in [2.24, 2.45) is 0 Å². The number of carbonyl (C=O) groups is 2. The second kappa shape index (κ2) is 13.7. The molecule has 0 unspecified atom stereocenters. The van der Waals surface area contributed by atoms with E-state index in [1.165, 1.54) is 17.0 Å². The van der Waals surface area contributed by atoms with Gasteiger partial charge in [0.2, 0.25) is 21.8 Å². The molecule has 0 fully saturated rings. The highest BCUT2D eigenvalue weighted by Crippen LogP contribution is 2.31. The van der Waals surface area contributed by atoms with Crippen molar-refractivity contribution in [3.05, 3.63) is 62.5 Å². The summed E-state index contributed by atoms with van der Waals surface area (Å²) in [6.45, 7) is 5.86. The minimum atomic E-state index is -3.68. The van der Waals surface area contributed by atoms with Crippen LogP contribution in [0.1, 0.15) is 45.6 Å². The molecule has 0 aliphatic rings. The molecule has 2 atom stereocenters. The number of benzene rings is 2. The molecule has 0 radical (unpaired) electrons. The van der Waals surface area contributed by atoms with E-state index in [-0.39, 0.29) is 54.5 Å². The van der Waals surface area contributed by atoms with Crippen LogP contribution >= 0.6 is 39.1 Å². The quantitative estimate of drug-likeness (QED) is 0.333. The molecule has 198 valence electrons. The second-order valence-corrected chi connectivity index (χ2v) is 12.3. The Morgan fingerprint density at radius 1 is 1.08 bits per heavy atom. The van der Waals surface area contributed by atoms with Crippen LogP contribution in [0.3, 0.4) is 0 Å². The first-order valence-electron chi connectivity index (χ1n) is 11.6.